The number of fused-ring (bicyclic) bond motifs is 3. The Morgan fingerprint density at radius 1 is 0.457 bits per heavy atom. The summed E-state index contributed by atoms with van der Waals surface area (Å²) in [4.78, 5) is 15.0. The first-order chi connectivity index (χ1) is 22.5. The summed E-state index contributed by atoms with van der Waals surface area (Å²) in [6.07, 6.45) is 0. The van der Waals surface area contributed by atoms with Gasteiger partial charge in [-0.15, -0.1) is 0 Å². The van der Waals surface area contributed by atoms with Crippen LogP contribution in [0.2, 0.25) is 0 Å². The van der Waals surface area contributed by atoms with Crippen LogP contribution in [0.15, 0.2) is 140 Å². The maximum Gasteiger partial charge on any atom is 0.164 e. The van der Waals surface area contributed by atoms with E-state index in [2.05, 4.69) is 66.9 Å². The Balaban J connectivity index is 1.44. The summed E-state index contributed by atoms with van der Waals surface area (Å²) >= 11 is 0. The van der Waals surface area contributed by atoms with Crippen LogP contribution in [0.4, 0.5) is 4.39 Å². The second-order valence-corrected chi connectivity index (χ2v) is 11.6. The predicted molar refractivity (Wildman–Crippen MR) is 185 cm³/mol. The fraction of sp³-hybridized carbons (Fsp3) is 0.0488. The van der Waals surface area contributed by atoms with Gasteiger partial charge in [-0.25, -0.2) is 19.3 Å². The summed E-state index contributed by atoms with van der Waals surface area (Å²) in [5, 5.41) is 2.38. The van der Waals surface area contributed by atoms with Crippen molar-refractivity contribution >= 4 is 21.8 Å². The second kappa shape index (κ2) is 11.2. The van der Waals surface area contributed by atoms with E-state index in [4.69, 9.17) is 15.0 Å². The molecule has 0 bridgehead atoms. The van der Waals surface area contributed by atoms with E-state index in [9.17, 15) is 0 Å². The van der Waals surface area contributed by atoms with E-state index in [1.807, 2.05) is 72.8 Å². The number of rotatable bonds is 5. The first kappa shape index (κ1) is 27.6. The van der Waals surface area contributed by atoms with Gasteiger partial charge in [-0.3, -0.25) is 0 Å². The zero-order valence-corrected chi connectivity index (χ0v) is 25.4. The van der Waals surface area contributed by atoms with Crippen molar-refractivity contribution in [1.82, 2.24) is 19.5 Å². The Hall–Kier alpha value is -5.94. The molecule has 220 valence electrons. The molecule has 4 nitrogen and oxygen atoms in total. The fourth-order valence-corrected chi connectivity index (χ4v) is 6.23. The monoisotopic (exact) mass is 596 g/mol. The van der Waals surface area contributed by atoms with Gasteiger partial charge in [-0.05, 0) is 61.9 Å². The smallest absolute Gasteiger partial charge is 0.164 e. The van der Waals surface area contributed by atoms with Crippen LogP contribution in [-0.2, 0) is 0 Å². The Labute approximate surface area is 266 Å². The maximum atomic E-state index is 15.5. The van der Waals surface area contributed by atoms with Gasteiger partial charge in [0.1, 0.15) is 5.82 Å². The Morgan fingerprint density at radius 3 is 1.54 bits per heavy atom. The number of benzene rings is 6. The van der Waals surface area contributed by atoms with Crippen molar-refractivity contribution < 1.29 is 4.39 Å². The molecule has 0 N–H and O–H groups in total. The minimum atomic E-state index is -0.306. The molecule has 2 aromatic heterocycles. The van der Waals surface area contributed by atoms with E-state index in [1.165, 1.54) is 28.0 Å². The normalized spacial score (nSPS) is 11.4. The molecule has 0 atom stereocenters. The number of halogens is 1. The van der Waals surface area contributed by atoms with Gasteiger partial charge in [-0.2, -0.15) is 0 Å². The van der Waals surface area contributed by atoms with Crippen molar-refractivity contribution in [3.63, 3.8) is 0 Å². The lowest BCUT2D eigenvalue weighted by Gasteiger charge is -2.16. The van der Waals surface area contributed by atoms with Gasteiger partial charge in [0.25, 0.3) is 0 Å². The molecule has 0 unspecified atom stereocenters. The third-order valence-corrected chi connectivity index (χ3v) is 8.44. The van der Waals surface area contributed by atoms with Gasteiger partial charge >= 0.3 is 0 Å². The third kappa shape index (κ3) is 4.83. The Bertz CT molecular complexity index is 2280. The predicted octanol–water partition coefficient (Wildman–Crippen LogP) is 10.4. The number of hydrogen-bond acceptors (Lipinski definition) is 3. The molecule has 0 aliphatic heterocycles. The first-order valence-electron chi connectivity index (χ1n) is 15.3. The summed E-state index contributed by atoms with van der Waals surface area (Å²) in [6.45, 7) is 4.24. The van der Waals surface area contributed by atoms with Crippen LogP contribution < -0.4 is 0 Å². The highest BCUT2D eigenvalue weighted by Gasteiger charge is 2.20. The third-order valence-electron chi connectivity index (χ3n) is 8.44. The lowest BCUT2D eigenvalue weighted by atomic mass is 9.97. The van der Waals surface area contributed by atoms with E-state index in [0.29, 0.717) is 34.2 Å². The average Bonchev–Trinajstić information content (AvgIpc) is 3.41. The highest BCUT2D eigenvalue weighted by molar-refractivity contribution is 6.10. The zero-order valence-electron chi connectivity index (χ0n) is 25.4. The molecule has 8 rings (SSSR count). The van der Waals surface area contributed by atoms with Crippen molar-refractivity contribution in [3.05, 3.63) is 156 Å². The lowest BCUT2D eigenvalue weighted by Crippen LogP contribution is -2.03. The molecule has 0 spiro atoms. The SMILES string of the molecule is Cc1ccc2c(c1)c1cc(C)ccc1n2-c1ccc(-c2ccccc2F)c(-c2nc(-c3ccccc3)nc(-c3ccccc3)n2)c1. The van der Waals surface area contributed by atoms with Crippen LogP contribution in [0, 0.1) is 19.7 Å². The highest BCUT2D eigenvalue weighted by Crippen LogP contribution is 2.38. The topological polar surface area (TPSA) is 43.6 Å². The quantitative estimate of drug-likeness (QED) is 0.199. The molecular weight excluding hydrogens is 567 g/mol. The van der Waals surface area contributed by atoms with Gasteiger partial charge in [0, 0.05) is 38.7 Å². The molecular formula is C41H29FN4. The molecule has 0 saturated carbocycles. The zero-order chi connectivity index (χ0) is 31.2. The van der Waals surface area contributed by atoms with Gasteiger partial charge < -0.3 is 4.57 Å². The molecule has 0 saturated heterocycles. The minimum Gasteiger partial charge on any atom is -0.309 e. The van der Waals surface area contributed by atoms with Crippen LogP contribution in [0.25, 0.3) is 72.8 Å². The minimum absolute atomic E-state index is 0.306. The summed E-state index contributed by atoms with van der Waals surface area (Å²) in [7, 11) is 0. The van der Waals surface area contributed by atoms with Crippen LogP contribution in [0.5, 0.6) is 0 Å². The van der Waals surface area contributed by atoms with E-state index in [0.717, 1.165) is 27.8 Å². The van der Waals surface area contributed by atoms with Crippen molar-refractivity contribution in [2.24, 2.45) is 0 Å². The molecule has 0 amide bonds. The molecule has 0 aliphatic carbocycles. The Kier molecular flexibility index (Phi) is 6.72. The molecule has 8 aromatic rings. The van der Waals surface area contributed by atoms with Crippen molar-refractivity contribution in [1.29, 1.82) is 0 Å². The average molecular weight is 597 g/mol. The van der Waals surface area contributed by atoms with Gasteiger partial charge in [-0.1, -0.05) is 108 Å². The lowest BCUT2D eigenvalue weighted by molar-refractivity contribution is 0.631. The van der Waals surface area contributed by atoms with Crippen molar-refractivity contribution in [2.75, 3.05) is 0 Å². The van der Waals surface area contributed by atoms with Gasteiger partial charge in [0.05, 0.1) is 11.0 Å². The number of aryl methyl sites for hydroxylation is 2. The summed E-state index contributed by atoms with van der Waals surface area (Å²) in [5.74, 6) is 1.27. The molecule has 2 heterocycles. The van der Waals surface area contributed by atoms with E-state index in [1.54, 1.807) is 12.1 Å². The van der Waals surface area contributed by atoms with Crippen molar-refractivity contribution in [3.8, 4) is 51.0 Å². The van der Waals surface area contributed by atoms with E-state index >= 15 is 4.39 Å². The summed E-state index contributed by atoms with van der Waals surface area (Å²) < 4.78 is 17.7. The van der Waals surface area contributed by atoms with E-state index < -0.39 is 0 Å². The molecule has 5 heteroatoms. The largest absolute Gasteiger partial charge is 0.309 e. The summed E-state index contributed by atoms with van der Waals surface area (Å²) in [5.41, 5.74) is 9.20. The number of aromatic nitrogens is 4. The molecule has 0 radical (unpaired) electrons. The Morgan fingerprint density at radius 2 is 0.978 bits per heavy atom. The standard InChI is InChI=1S/C41H29FN4/c1-26-17-21-37-33(23-26)34-24-27(2)18-22-38(34)46(37)30-19-20-31(32-15-9-10-16-36(32)42)35(25-30)41-44-39(28-11-5-3-6-12-28)43-40(45-41)29-13-7-4-8-14-29/h3-25H,1-2H3. The van der Waals surface area contributed by atoms with Crippen LogP contribution >= 0.6 is 0 Å². The molecule has 0 fully saturated rings. The molecule has 0 aliphatic rings. The number of nitrogens with zero attached hydrogens (tertiary/aromatic N) is 4. The highest BCUT2D eigenvalue weighted by atomic mass is 19.1. The van der Waals surface area contributed by atoms with Crippen LogP contribution in [0.3, 0.4) is 0 Å². The van der Waals surface area contributed by atoms with E-state index in [-0.39, 0.29) is 5.82 Å². The molecule has 6 aromatic carbocycles. The first-order valence-corrected chi connectivity index (χ1v) is 15.3. The summed E-state index contributed by atoms with van der Waals surface area (Å²) in [6, 6.07) is 45.9. The van der Waals surface area contributed by atoms with Crippen LogP contribution in [-0.4, -0.2) is 19.5 Å². The fourth-order valence-electron chi connectivity index (χ4n) is 6.23. The van der Waals surface area contributed by atoms with Gasteiger partial charge in [0.15, 0.2) is 17.5 Å². The second-order valence-electron chi connectivity index (χ2n) is 11.6. The number of hydrogen-bond donors (Lipinski definition) is 0. The van der Waals surface area contributed by atoms with Gasteiger partial charge in [0.2, 0.25) is 0 Å². The van der Waals surface area contributed by atoms with Crippen molar-refractivity contribution in [2.45, 2.75) is 13.8 Å². The maximum absolute atomic E-state index is 15.5. The van der Waals surface area contributed by atoms with Crippen LogP contribution in [0.1, 0.15) is 11.1 Å². The molecule has 46 heavy (non-hydrogen) atoms.